The SMILES string of the molecule is Cc1cc(NC(=O)CN[C@@H]2CCC[C@@H]2CCC(C)C)no1. The van der Waals surface area contributed by atoms with E-state index in [4.69, 9.17) is 4.52 Å². The highest BCUT2D eigenvalue weighted by Gasteiger charge is 2.27. The molecule has 0 unspecified atom stereocenters. The minimum absolute atomic E-state index is 0.0576. The first kappa shape index (κ1) is 16.0. The van der Waals surface area contributed by atoms with E-state index in [9.17, 15) is 4.79 Å². The molecule has 5 heteroatoms. The van der Waals surface area contributed by atoms with Gasteiger partial charge in [0.05, 0.1) is 6.54 Å². The van der Waals surface area contributed by atoms with Gasteiger partial charge in [0.2, 0.25) is 5.91 Å². The molecule has 1 aliphatic carbocycles. The highest BCUT2D eigenvalue weighted by atomic mass is 16.5. The van der Waals surface area contributed by atoms with Crippen LogP contribution in [0.5, 0.6) is 0 Å². The normalized spacial score (nSPS) is 21.9. The number of carbonyl (C=O) groups excluding carboxylic acids is 1. The lowest BCUT2D eigenvalue weighted by molar-refractivity contribution is -0.115. The Kier molecular flexibility index (Phi) is 5.79. The quantitative estimate of drug-likeness (QED) is 0.810. The largest absolute Gasteiger partial charge is 0.360 e. The van der Waals surface area contributed by atoms with Gasteiger partial charge in [0.1, 0.15) is 5.76 Å². The third-order valence-electron chi connectivity index (χ3n) is 4.19. The molecule has 0 spiro atoms. The van der Waals surface area contributed by atoms with Gasteiger partial charge >= 0.3 is 0 Å². The molecular formula is C16H27N3O2. The van der Waals surface area contributed by atoms with E-state index in [1.165, 1.54) is 32.1 Å². The van der Waals surface area contributed by atoms with Crippen molar-refractivity contribution in [3.63, 3.8) is 0 Å². The minimum atomic E-state index is -0.0576. The number of hydrogen-bond donors (Lipinski definition) is 2. The van der Waals surface area contributed by atoms with E-state index in [0.717, 1.165) is 11.8 Å². The molecule has 1 saturated carbocycles. The second kappa shape index (κ2) is 7.59. The van der Waals surface area contributed by atoms with Crippen LogP contribution < -0.4 is 10.6 Å². The fourth-order valence-corrected chi connectivity index (χ4v) is 3.03. The van der Waals surface area contributed by atoms with Crippen LogP contribution in [0.3, 0.4) is 0 Å². The van der Waals surface area contributed by atoms with Gasteiger partial charge in [0.25, 0.3) is 0 Å². The van der Waals surface area contributed by atoms with E-state index < -0.39 is 0 Å². The van der Waals surface area contributed by atoms with Crippen molar-refractivity contribution in [1.29, 1.82) is 0 Å². The molecule has 0 saturated heterocycles. The maximum atomic E-state index is 11.9. The molecule has 0 aliphatic heterocycles. The standard InChI is InChI=1S/C16H27N3O2/c1-11(2)7-8-13-5-4-6-14(13)17-10-16(20)18-15-9-12(3)21-19-15/h9,11,13-14,17H,4-8,10H2,1-3H3,(H,18,19,20)/t13-,14-/m1/s1. The summed E-state index contributed by atoms with van der Waals surface area (Å²) in [5.74, 6) is 2.60. The highest BCUT2D eigenvalue weighted by molar-refractivity contribution is 5.91. The van der Waals surface area contributed by atoms with Crippen LogP contribution in [0.2, 0.25) is 0 Å². The number of nitrogens with zero attached hydrogens (tertiary/aromatic N) is 1. The van der Waals surface area contributed by atoms with Crippen LogP contribution in [0.25, 0.3) is 0 Å². The fourth-order valence-electron chi connectivity index (χ4n) is 3.03. The molecule has 0 bridgehead atoms. The minimum Gasteiger partial charge on any atom is -0.360 e. The van der Waals surface area contributed by atoms with Crippen molar-refractivity contribution in [1.82, 2.24) is 10.5 Å². The highest BCUT2D eigenvalue weighted by Crippen LogP contribution is 2.30. The van der Waals surface area contributed by atoms with Gasteiger partial charge in [-0.25, -0.2) is 0 Å². The van der Waals surface area contributed by atoms with Gasteiger partial charge in [-0.3, -0.25) is 4.79 Å². The number of rotatable bonds is 7. The van der Waals surface area contributed by atoms with E-state index in [2.05, 4.69) is 29.6 Å². The Bertz CT molecular complexity index is 456. The summed E-state index contributed by atoms with van der Waals surface area (Å²) in [6, 6.07) is 2.20. The Balaban J connectivity index is 1.72. The van der Waals surface area contributed by atoms with Crippen LogP contribution in [0.4, 0.5) is 5.82 Å². The molecule has 1 heterocycles. The Hall–Kier alpha value is -1.36. The van der Waals surface area contributed by atoms with Gasteiger partial charge in [-0.1, -0.05) is 31.8 Å². The van der Waals surface area contributed by atoms with Gasteiger partial charge in [-0.05, 0) is 38.0 Å². The number of anilines is 1. The summed E-state index contributed by atoms with van der Waals surface area (Å²) in [7, 11) is 0. The molecule has 1 aromatic heterocycles. The molecule has 0 radical (unpaired) electrons. The Morgan fingerprint density at radius 2 is 2.29 bits per heavy atom. The Morgan fingerprint density at radius 3 is 2.95 bits per heavy atom. The Morgan fingerprint density at radius 1 is 1.48 bits per heavy atom. The molecule has 2 N–H and O–H groups in total. The molecule has 1 fully saturated rings. The molecule has 5 nitrogen and oxygen atoms in total. The molecule has 2 atom stereocenters. The summed E-state index contributed by atoms with van der Waals surface area (Å²) in [5.41, 5.74) is 0. The van der Waals surface area contributed by atoms with Gasteiger partial charge in [0, 0.05) is 12.1 Å². The van der Waals surface area contributed by atoms with Crippen LogP contribution >= 0.6 is 0 Å². The number of carbonyl (C=O) groups is 1. The van der Waals surface area contributed by atoms with Gasteiger partial charge < -0.3 is 15.2 Å². The van der Waals surface area contributed by atoms with Gasteiger partial charge in [-0.15, -0.1) is 0 Å². The topological polar surface area (TPSA) is 67.2 Å². The molecule has 2 rings (SSSR count). The summed E-state index contributed by atoms with van der Waals surface area (Å²) >= 11 is 0. The Labute approximate surface area is 126 Å². The van der Waals surface area contributed by atoms with Gasteiger partial charge in [-0.2, -0.15) is 0 Å². The first-order valence-electron chi connectivity index (χ1n) is 8.01. The molecule has 1 aromatic rings. The number of aromatic nitrogens is 1. The van der Waals surface area contributed by atoms with Crippen LogP contribution in [-0.2, 0) is 4.79 Å². The average molecular weight is 293 g/mol. The van der Waals surface area contributed by atoms with Crippen LogP contribution in [-0.4, -0.2) is 23.7 Å². The number of nitrogens with one attached hydrogen (secondary N) is 2. The summed E-state index contributed by atoms with van der Waals surface area (Å²) in [6.45, 7) is 6.68. The van der Waals surface area contributed by atoms with Crippen molar-refractivity contribution in [3.05, 3.63) is 11.8 Å². The third kappa shape index (κ3) is 5.16. The fraction of sp³-hybridized carbons (Fsp3) is 0.750. The molecule has 1 amide bonds. The van der Waals surface area contributed by atoms with E-state index in [0.29, 0.717) is 24.2 Å². The number of amides is 1. The molecule has 21 heavy (non-hydrogen) atoms. The van der Waals surface area contributed by atoms with Crippen LogP contribution in [0, 0.1) is 18.8 Å². The lowest BCUT2D eigenvalue weighted by atomic mass is 9.94. The molecular weight excluding hydrogens is 266 g/mol. The summed E-state index contributed by atoms with van der Waals surface area (Å²) < 4.78 is 4.93. The van der Waals surface area contributed by atoms with Crippen molar-refractivity contribution in [2.75, 3.05) is 11.9 Å². The second-order valence-electron chi connectivity index (χ2n) is 6.52. The predicted octanol–water partition coefficient (Wildman–Crippen LogP) is 3.12. The predicted molar refractivity (Wildman–Crippen MR) is 83.1 cm³/mol. The summed E-state index contributed by atoms with van der Waals surface area (Å²) in [6.07, 6.45) is 6.27. The van der Waals surface area contributed by atoms with Crippen LogP contribution in [0.15, 0.2) is 10.6 Å². The lowest BCUT2D eigenvalue weighted by Gasteiger charge is -2.21. The van der Waals surface area contributed by atoms with Gasteiger partial charge in [0.15, 0.2) is 5.82 Å². The van der Waals surface area contributed by atoms with Crippen LogP contribution in [0.1, 0.15) is 51.7 Å². The maximum Gasteiger partial charge on any atom is 0.239 e. The zero-order chi connectivity index (χ0) is 15.2. The lowest BCUT2D eigenvalue weighted by Crippen LogP contribution is -2.38. The summed E-state index contributed by atoms with van der Waals surface area (Å²) in [4.78, 5) is 11.9. The first-order valence-corrected chi connectivity index (χ1v) is 8.01. The van der Waals surface area contributed by atoms with E-state index in [1.54, 1.807) is 13.0 Å². The zero-order valence-corrected chi connectivity index (χ0v) is 13.3. The van der Waals surface area contributed by atoms with Crippen molar-refractivity contribution >= 4 is 11.7 Å². The van der Waals surface area contributed by atoms with E-state index in [-0.39, 0.29) is 5.91 Å². The first-order chi connectivity index (χ1) is 10.0. The number of hydrogen-bond acceptors (Lipinski definition) is 4. The van der Waals surface area contributed by atoms with Crippen molar-refractivity contribution < 1.29 is 9.32 Å². The third-order valence-corrected chi connectivity index (χ3v) is 4.19. The monoisotopic (exact) mass is 293 g/mol. The maximum absolute atomic E-state index is 11.9. The second-order valence-corrected chi connectivity index (χ2v) is 6.52. The van der Waals surface area contributed by atoms with Crippen molar-refractivity contribution in [2.24, 2.45) is 11.8 Å². The van der Waals surface area contributed by atoms with E-state index in [1.807, 2.05) is 0 Å². The average Bonchev–Trinajstić information content (AvgIpc) is 3.03. The van der Waals surface area contributed by atoms with Crippen molar-refractivity contribution in [2.45, 2.75) is 58.9 Å². The number of aryl methyl sites for hydroxylation is 1. The molecule has 0 aromatic carbocycles. The van der Waals surface area contributed by atoms with Crippen molar-refractivity contribution in [3.8, 4) is 0 Å². The van der Waals surface area contributed by atoms with E-state index >= 15 is 0 Å². The molecule has 1 aliphatic rings. The zero-order valence-electron chi connectivity index (χ0n) is 13.3. The summed E-state index contributed by atoms with van der Waals surface area (Å²) in [5, 5.41) is 9.92. The molecule has 118 valence electrons. The smallest absolute Gasteiger partial charge is 0.239 e.